The van der Waals surface area contributed by atoms with E-state index in [0.717, 1.165) is 0 Å². The van der Waals surface area contributed by atoms with E-state index in [1.165, 1.54) is 17.5 Å². The van der Waals surface area contributed by atoms with E-state index in [1.54, 1.807) is 12.1 Å². The van der Waals surface area contributed by atoms with E-state index in [2.05, 4.69) is 10.6 Å². The number of benzene rings is 1. The molecule has 0 saturated carbocycles. The van der Waals surface area contributed by atoms with Gasteiger partial charge in [-0.2, -0.15) is 4.31 Å². The second-order valence-electron chi connectivity index (χ2n) is 7.03. The van der Waals surface area contributed by atoms with Gasteiger partial charge in [-0.1, -0.05) is 0 Å². The first-order chi connectivity index (χ1) is 12.1. The summed E-state index contributed by atoms with van der Waals surface area (Å²) in [4.78, 5) is 12.1. The summed E-state index contributed by atoms with van der Waals surface area (Å²) in [5, 5.41) is 5.80. The average Bonchev–Trinajstić information content (AvgIpc) is 2.60. The van der Waals surface area contributed by atoms with Gasteiger partial charge in [0.2, 0.25) is 15.9 Å². The first kappa shape index (κ1) is 20.6. The molecule has 1 aliphatic heterocycles. The van der Waals surface area contributed by atoms with Crippen LogP contribution in [0.1, 0.15) is 20.8 Å². The van der Waals surface area contributed by atoms with Crippen molar-refractivity contribution in [2.75, 3.05) is 45.3 Å². The van der Waals surface area contributed by atoms with E-state index in [1.807, 2.05) is 20.8 Å². The summed E-state index contributed by atoms with van der Waals surface area (Å²) in [5.74, 6) is -0.0119. The van der Waals surface area contributed by atoms with E-state index >= 15 is 0 Å². The molecule has 1 aromatic carbocycles. The van der Waals surface area contributed by atoms with Gasteiger partial charge in [-0.05, 0) is 39.0 Å². The molecule has 0 aromatic heterocycles. The molecule has 146 valence electrons. The molecule has 0 atom stereocenters. The maximum atomic E-state index is 12.9. The Morgan fingerprint density at radius 1 is 1.27 bits per heavy atom. The molecule has 1 aromatic rings. The van der Waals surface area contributed by atoms with Crippen LogP contribution in [0.2, 0.25) is 0 Å². The van der Waals surface area contributed by atoms with E-state index in [-0.39, 0.29) is 41.7 Å². The van der Waals surface area contributed by atoms with Crippen LogP contribution in [0.5, 0.6) is 5.75 Å². The predicted octanol–water partition coefficient (Wildman–Crippen LogP) is 1.04. The lowest BCUT2D eigenvalue weighted by molar-refractivity contribution is -0.115. The predicted molar refractivity (Wildman–Crippen MR) is 99.0 cm³/mol. The number of morpholine rings is 1. The monoisotopic (exact) mass is 385 g/mol. The van der Waals surface area contributed by atoms with Gasteiger partial charge in [0.15, 0.2) is 0 Å². The van der Waals surface area contributed by atoms with Crippen LogP contribution in [0.25, 0.3) is 0 Å². The number of carbonyl (C=O) groups excluding carboxylic acids is 1. The van der Waals surface area contributed by atoms with Crippen molar-refractivity contribution in [3.63, 3.8) is 0 Å². The summed E-state index contributed by atoms with van der Waals surface area (Å²) < 4.78 is 37.6. The molecule has 0 bridgehead atoms. The smallest absolute Gasteiger partial charge is 0.246 e. The lowest BCUT2D eigenvalue weighted by atomic mass is 10.1. The summed E-state index contributed by atoms with van der Waals surface area (Å²) in [7, 11) is -2.32. The molecular formula is C17H27N3O5S. The highest BCUT2D eigenvalue weighted by molar-refractivity contribution is 7.89. The molecule has 1 saturated heterocycles. The second-order valence-corrected chi connectivity index (χ2v) is 8.94. The zero-order valence-electron chi connectivity index (χ0n) is 15.7. The minimum absolute atomic E-state index is 0.0310. The van der Waals surface area contributed by atoms with Crippen molar-refractivity contribution < 1.29 is 22.7 Å². The lowest BCUT2D eigenvalue weighted by Crippen LogP contribution is -2.41. The molecule has 1 heterocycles. The SMILES string of the molecule is COc1ccc(NC(=O)CNC(C)(C)C)cc1S(=O)(=O)N1CCOCC1. The number of anilines is 1. The Kier molecular flexibility index (Phi) is 6.62. The zero-order chi connectivity index (χ0) is 19.4. The number of sulfonamides is 1. The fourth-order valence-corrected chi connectivity index (χ4v) is 4.02. The van der Waals surface area contributed by atoms with Crippen molar-refractivity contribution in [2.45, 2.75) is 31.2 Å². The van der Waals surface area contributed by atoms with Crippen molar-refractivity contribution in [1.82, 2.24) is 9.62 Å². The molecule has 9 heteroatoms. The fraction of sp³-hybridized carbons (Fsp3) is 0.588. The number of hydrogen-bond acceptors (Lipinski definition) is 6. The normalized spacial score (nSPS) is 16.3. The van der Waals surface area contributed by atoms with Crippen molar-refractivity contribution in [1.29, 1.82) is 0 Å². The molecule has 0 spiro atoms. The van der Waals surface area contributed by atoms with Gasteiger partial charge in [0.05, 0.1) is 26.9 Å². The number of methoxy groups -OCH3 is 1. The van der Waals surface area contributed by atoms with Gasteiger partial charge < -0.3 is 20.1 Å². The Morgan fingerprint density at radius 2 is 1.92 bits per heavy atom. The molecule has 1 fully saturated rings. The fourth-order valence-electron chi connectivity index (χ4n) is 2.43. The number of amides is 1. The Hall–Kier alpha value is -1.68. The second kappa shape index (κ2) is 8.34. The van der Waals surface area contributed by atoms with Crippen LogP contribution in [0.3, 0.4) is 0 Å². The summed E-state index contributed by atoms with van der Waals surface area (Å²) in [6.07, 6.45) is 0. The highest BCUT2D eigenvalue weighted by Gasteiger charge is 2.29. The first-order valence-electron chi connectivity index (χ1n) is 8.44. The quantitative estimate of drug-likeness (QED) is 0.760. The zero-order valence-corrected chi connectivity index (χ0v) is 16.5. The number of hydrogen-bond donors (Lipinski definition) is 2. The molecule has 26 heavy (non-hydrogen) atoms. The summed E-state index contributed by atoms with van der Waals surface area (Å²) in [6.45, 7) is 7.30. The van der Waals surface area contributed by atoms with Crippen molar-refractivity contribution in [2.24, 2.45) is 0 Å². The Labute approximate surface area is 154 Å². The molecule has 0 aliphatic carbocycles. The first-order valence-corrected chi connectivity index (χ1v) is 9.88. The molecule has 0 radical (unpaired) electrons. The largest absolute Gasteiger partial charge is 0.495 e. The summed E-state index contributed by atoms with van der Waals surface area (Å²) in [5.41, 5.74) is 0.209. The van der Waals surface area contributed by atoms with Crippen LogP contribution in [0, 0.1) is 0 Å². The number of rotatable bonds is 6. The van der Waals surface area contributed by atoms with Crippen LogP contribution in [0.15, 0.2) is 23.1 Å². The third-order valence-corrected chi connectivity index (χ3v) is 5.73. The minimum atomic E-state index is -3.74. The van der Waals surface area contributed by atoms with E-state index in [0.29, 0.717) is 18.9 Å². The average molecular weight is 385 g/mol. The Balaban J connectivity index is 2.21. The standard InChI is InChI=1S/C17H27N3O5S/c1-17(2,3)18-12-16(21)19-13-5-6-14(24-4)15(11-13)26(22,23)20-7-9-25-10-8-20/h5-6,11,18H,7-10,12H2,1-4H3,(H,19,21). The topological polar surface area (TPSA) is 97.0 Å². The van der Waals surface area contributed by atoms with Gasteiger partial charge in [0, 0.05) is 24.3 Å². The third kappa shape index (κ3) is 5.41. The van der Waals surface area contributed by atoms with Gasteiger partial charge >= 0.3 is 0 Å². The van der Waals surface area contributed by atoms with E-state index < -0.39 is 10.0 Å². The highest BCUT2D eigenvalue weighted by Crippen LogP contribution is 2.30. The van der Waals surface area contributed by atoms with Crippen LogP contribution < -0.4 is 15.4 Å². The Bertz CT molecular complexity index is 737. The maximum Gasteiger partial charge on any atom is 0.246 e. The highest BCUT2D eigenvalue weighted by atomic mass is 32.2. The van der Waals surface area contributed by atoms with E-state index in [9.17, 15) is 13.2 Å². The summed E-state index contributed by atoms with van der Waals surface area (Å²) in [6, 6.07) is 4.59. The molecule has 2 N–H and O–H groups in total. The molecule has 0 unspecified atom stereocenters. The van der Waals surface area contributed by atoms with Gasteiger partial charge in [-0.25, -0.2) is 8.42 Å². The van der Waals surface area contributed by atoms with Gasteiger partial charge in [0.1, 0.15) is 10.6 Å². The molecule has 2 rings (SSSR count). The van der Waals surface area contributed by atoms with Gasteiger partial charge in [-0.3, -0.25) is 4.79 Å². The molecular weight excluding hydrogens is 358 g/mol. The van der Waals surface area contributed by atoms with Crippen molar-refractivity contribution >= 4 is 21.6 Å². The molecule has 1 aliphatic rings. The van der Waals surface area contributed by atoms with Crippen molar-refractivity contribution in [3.8, 4) is 5.75 Å². The van der Waals surface area contributed by atoms with Crippen LogP contribution in [-0.4, -0.2) is 64.1 Å². The van der Waals surface area contributed by atoms with Crippen LogP contribution >= 0.6 is 0 Å². The van der Waals surface area contributed by atoms with Crippen molar-refractivity contribution in [3.05, 3.63) is 18.2 Å². The summed E-state index contributed by atoms with van der Waals surface area (Å²) >= 11 is 0. The molecule has 1 amide bonds. The van der Waals surface area contributed by atoms with Crippen LogP contribution in [-0.2, 0) is 19.6 Å². The van der Waals surface area contributed by atoms with Crippen LogP contribution in [0.4, 0.5) is 5.69 Å². The number of nitrogens with one attached hydrogen (secondary N) is 2. The minimum Gasteiger partial charge on any atom is -0.495 e. The number of nitrogens with zero attached hydrogens (tertiary/aromatic N) is 1. The lowest BCUT2D eigenvalue weighted by Gasteiger charge is -2.27. The Morgan fingerprint density at radius 3 is 2.50 bits per heavy atom. The van der Waals surface area contributed by atoms with E-state index in [4.69, 9.17) is 9.47 Å². The maximum absolute atomic E-state index is 12.9. The number of ether oxygens (including phenoxy) is 2. The van der Waals surface area contributed by atoms with Gasteiger partial charge in [-0.15, -0.1) is 0 Å². The number of carbonyl (C=O) groups is 1. The molecule has 8 nitrogen and oxygen atoms in total. The van der Waals surface area contributed by atoms with Gasteiger partial charge in [0.25, 0.3) is 0 Å². The third-order valence-electron chi connectivity index (χ3n) is 3.81.